The molecule has 0 saturated carbocycles. The smallest absolute Gasteiger partial charge is 0.136 e. The minimum atomic E-state index is 0.744. The van der Waals surface area contributed by atoms with E-state index in [1.165, 1.54) is 0 Å². The number of hydrogen-bond acceptors (Lipinski definition) is 2. The van der Waals surface area contributed by atoms with Crippen LogP contribution in [0, 0.1) is 0 Å². The highest BCUT2D eigenvalue weighted by Gasteiger charge is 2.14. The number of benzene rings is 2. The Morgan fingerprint density at radius 1 is 0.938 bits per heavy atom. The molecule has 0 radical (unpaired) electrons. The molecule has 1 heterocycles. The maximum Gasteiger partial charge on any atom is 0.136 e. The fourth-order valence-corrected chi connectivity index (χ4v) is 1.99. The van der Waals surface area contributed by atoms with Crippen LogP contribution < -0.4 is 10.5 Å². The largest absolute Gasteiger partial charge is 0.464 e. The number of rotatable bonds is 0. The Hall–Kier alpha value is -2.22. The van der Waals surface area contributed by atoms with E-state index < -0.39 is 0 Å². The molecule has 78 valence electrons. The van der Waals surface area contributed by atoms with E-state index in [-0.39, 0.29) is 0 Å². The van der Waals surface area contributed by atoms with Crippen molar-refractivity contribution in [1.29, 1.82) is 0 Å². The van der Waals surface area contributed by atoms with Crippen LogP contribution in [-0.4, -0.2) is 0 Å². The average molecular weight is 209 g/mol. The van der Waals surface area contributed by atoms with Gasteiger partial charge in [-0.3, -0.25) is 0 Å². The molecule has 0 unspecified atom stereocenters. The zero-order valence-electron chi connectivity index (χ0n) is 8.68. The van der Waals surface area contributed by atoms with Gasteiger partial charge in [0.15, 0.2) is 0 Å². The van der Waals surface area contributed by atoms with Gasteiger partial charge in [0.05, 0.1) is 6.26 Å². The molecule has 2 N–H and O–H groups in total. The first-order chi connectivity index (χ1) is 7.86. The molecule has 0 aliphatic carbocycles. The normalized spacial score (nSPS) is 12.2. The van der Waals surface area contributed by atoms with Gasteiger partial charge in [0, 0.05) is 11.3 Å². The highest BCUT2D eigenvalue weighted by Crippen LogP contribution is 2.39. The van der Waals surface area contributed by atoms with Gasteiger partial charge in [-0.15, -0.1) is 0 Å². The Bertz CT molecular complexity index is 573. The van der Waals surface area contributed by atoms with E-state index >= 15 is 0 Å². The van der Waals surface area contributed by atoms with Gasteiger partial charge in [0.1, 0.15) is 5.75 Å². The van der Waals surface area contributed by atoms with Crippen LogP contribution in [0.2, 0.25) is 0 Å². The highest BCUT2D eigenvalue weighted by molar-refractivity contribution is 5.88. The number of nitrogens with two attached hydrogens (primary N) is 1. The summed E-state index contributed by atoms with van der Waals surface area (Å²) in [6.07, 6.45) is 3.65. The second-order valence-corrected chi connectivity index (χ2v) is 3.73. The van der Waals surface area contributed by atoms with Crippen molar-refractivity contribution in [2.24, 2.45) is 0 Å². The zero-order chi connectivity index (χ0) is 11.0. The summed E-state index contributed by atoms with van der Waals surface area (Å²) >= 11 is 0. The van der Waals surface area contributed by atoms with Gasteiger partial charge in [-0.25, -0.2) is 0 Å². The van der Waals surface area contributed by atoms with Gasteiger partial charge in [0.2, 0.25) is 0 Å². The number of anilines is 1. The molecule has 3 rings (SSSR count). The van der Waals surface area contributed by atoms with Crippen molar-refractivity contribution in [3.8, 4) is 16.9 Å². The highest BCUT2D eigenvalue weighted by atomic mass is 16.5. The Morgan fingerprint density at radius 3 is 2.75 bits per heavy atom. The van der Waals surface area contributed by atoms with Gasteiger partial charge in [-0.1, -0.05) is 30.3 Å². The molecule has 0 spiro atoms. The lowest BCUT2D eigenvalue weighted by atomic mass is 9.98. The van der Waals surface area contributed by atoms with Gasteiger partial charge < -0.3 is 10.5 Å². The van der Waals surface area contributed by atoms with Crippen LogP contribution in [0.5, 0.6) is 5.75 Å². The first-order valence-electron chi connectivity index (χ1n) is 5.17. The summed E-state index contributed by atoms with van der Waals surface area (Å²) in [6.45, 7) is 0. The van der Waals surface area contributed by atoms with Crippen molar-refractivity contribution in [3.05, 3.63) is 54.3 Å². The first kappa shape index (κ1) is 9.04. The molecule has 2 aromatic rings. The predicted octanol–water partition coefficient (Wildman–Crippen LogP) is 3.30. The fourth-order valence-electron chi connectivity index (χ4n) is 1.99. The summed E-state index contributed by atoms with van der Waals surface area (Å²) in [5, 5.41) is 0. The molecule has 0 aromatic heterocycles. The van der Waals surface area contributed by atoms with Crippen LogP contribution in [0.3, 0.4) is 0 Å². The molecule has 0 saturated heterocycles. The first-order valence-corrected chi connectivity index (χ1v) is 5.17. The van der Waals surface area contributed by atoms with Crippen molar-refractivity contribution in [2.45, 2.75) is 0 Å². The molecule has 1 aliphatic heterocycles. The second-order valence-electron chi connectivity index (χ2n) is 3.73. The van der Waals surface area contributed by atoms with Crippen LogP contribution in [-0.2, 0) is 0 Å². The maximum atomic E-state index is 6.02. The van der Waals surface area contributed by atoms with Crippen molar-refractivity contribution in [3.63, 3.8) is 0 Å². The van der Waals surface area contributed by atoms with Gasteiger partial charge >= 0.3 is 0 Å². The van der Waals surface area contributed by atoms with E-state index in [4.69, 9.17) is 10.5 Å². The topological polar surface area (TPSA) is 35.2 Å². The van der Waals surface area contributed by atoms with E-state index in [0.29, 0.717) is 0 Å². The lowest BCUT2D eigenvalue weighted by Gasteiger charge is -2.10. The Kier molecular flexibility index (Phi) is 1.93. The third-order valence-electron chi connectivity index (χ3n) is 2.73. The van der Waals surface area contributed by atoms with E-state index in [2.05, 4.69) is 12.1 Å². The monoisotopic (exact) mass is 209 g/mol. The number of fused-ring (bicyclic) bond motifs is 3. The molecule has 2 aromatic carbocycles. The molecule has 0 amide bonds. The molecule has 1 aliphatic rings. The van der Waals surface area contributed by atoms with Gasteiger partial charge in [0.25, 0.3) is 0 Å². The minimum absolute atomic E-state index is 0.744. The molecule has 0 bridgehead atoms. The molecule has 2 heteroatoms. The summed E-state index contributed by atoms with van der Waals surface area (Å²) in [6, 6.07) is 13.8. The Balaban J connectivity index is 2.37. The number of ether oxygens (including phenoxy) is 1. The third-order valence-corrected chi connectivity index (χ3v) is 2.73. The molecular weight excluding hydrogens is 198 g/mol. The maximum absolute atomic E-state index is 6.02. The Labute approximate surface area is 94.0 Å². The number of hydrogen-bond donors (Lipinski definition) is 1. The zero-order valence-corrected chi connectivity index (χ0v) is 8.68. The quantitative estimate of drug-likeness (QED) is 0.675. The molecule has 0 atom stereocenters. The SMILES string of the molecule is Nc1cccc2c1-c1ccccc1C=CO2. The summed E-state index contributed by atoms with van der Waals surface area (Å²) in [4.78, 5) is 0. The Morgan fingerprint density at radius 2 is 1.81 bits per heavy atom. The van der Waals surface area contributed by atoms with Crippen LogP contribution in [0.15, 0.2) is 48.7 Å². The average Bonchev–Trinajstić information content (AvgIpc) is 2.49. The van der Waals surface area contributed by atoms with Crippen molar-refractivity contribution >= 4 is 11.8 Å². The molecule has 0 fully saturated rings. The van der Waals surface area contributed by atoms with Crippen molar-refractivity contribution in [1.82, 2.24) is 0 Å². The van der Waals surface area contributed by atoms with E-state index in [9.17, 15) is 0 Å². The van der Waals surface area contributed by atoms with Crippen molar-refractivity contribution in [2.75, 3.05) is 5.73 Å². The molecule has 16 heavy (non-hydrogen) atoms. The van der Waals surface area contributed by atoms with Crippen LogP contribution in [0.1, 0.15) is 5.56 Å². The lowest BCUT2D eigenvalue weighted by molar-refractivity contribution is 0.488. The minimum Gasteiger partial charge on any atom is -0.464 e. The van der Waals surface area contributed by atoms with E-state index in [1.807, 2.05) is 36.4 Å². The summed E-state index contributed by atoms with van der Waals surface area (Å²) < 4.78 is 5.55. The second kappa shape index (κ2) is 3.42. The molecular formula is C14H11NO. The van der Waals surface area contributed by atoms with Crippen molar-refractivity contribution < 1.29 is 4.74 Å². The molecule has 2 nitrogen and oxygen atoms in total. The van der Waals surface area contributed by atoms with Crippen LogP contribution in [0.4, 0.5) is 5.69 Å². The number of nitrogen functional groups attached to an aromatic ring is 1. The van der Waals surface area contributed by atoms with Crippen LogP contribution in [0.25, 0.3) is 17.2 Å². The summed E-state index contributed by atoms with van der Waals surface area (Å²) in [7, 11) is 0. The summed E-state index contributed by atoms with van der Waals surface area (Å²) in [5.74, 6) is 0.807. The van der Waals surface area contributed by atoms with Crippen LogP contribution >= 0.6 is 0 Å². The predicted molar refractivity (Wildman–Crippen MR) is 66.0 cm³/mol. The van der Waals surface area contributed by atoms with E-state index in [0.717, 1.165) is 28.1 Å². The lowest BCUT2D eigenvalue weighted by Crippen LogP contribution is -1.93. The van der Waals surface area contributed by atoms with Gasteiger partial charge in [-0.05, 0) is 29.3 Å². The summed E-state index contributed by atoms with van der Waals surface area (Å²) in [5.41, 5.74) is 9.98. The fraction of sp³-hybridized carbons (Fsp3) is 0. The third kappa shape index (κ3) is 1.27. The van der Waals surface area contributed by atoms with Gasteiger partial charge in [-0.2, -0.15) is 0 Å². The standard InChI is InChI=1S/C14H11NO/c15-12-6-3-7-13-14(12)11-5-2-1-4-10(11)8-9-16-13/h1-9H,15H2. The van der Waals surface area contributed by atoms with E-state index in [1.54, 1.807) is 6.26 Å².